The molecule has 0 fully saturated rings. The van der Waals surface area contributed by atoms with Crippen LogP contribution >= 0.6 is 0 Å². The smallest absolute Gasteiger partial charge is 0.332 e. The SMILES string of the molecule is CNc1nc2c(c(=O)n(C)c(=O)n2C)n1C[C@@H](O)COc1ccc(C)c(C)c1. The van der Waals surface area contributed by atoms with Crippen LogP contribution in [0.5, 0.6) is 5.75 Å². The molecule has 3 rings (SSSR count). The van der Waals surface area contributed by atoms with Gasteiger partial charge < -0.3 is 19.7 Å². The van der Waals surface area contributed by atoms with Crippen molar-refractivity contribution < 1.29 is 9.84 Å². The van der Waals surface area contributed by atoms with E-state index in [1.807, 2.05) is 32.0 Å². The number of hydrogen-bond donors (Lipinski definition) is 2. The van der Waals surface area contributed by atoms with Crippen LogP contribution in [0.4, 0.5) is 5.95 Å². The predicted molar refractivity (Wildman–Crippen MR) is 107 cm³/mol. The second-order valence-corrected chi connectivity index (χ2v) is 6.88. The molecule has 0 aliphatic heterocycles. The van der Waals surface area contributed by atoms with Gasteiger partial charge in [0.15, 0.2) is 11.2 Å². The van der Waals surface area contributed by atoms with Crippen molar-refractivity contribution >= 4 is 17.1 Å². The molecule has 0 unspecified atom stereocenters. The van der Waals surface area contributed by atoms with Gasteiger partial charge in [-0.1, -0.05) is 6.07 Å². The van der Waals surface area contributed by atoms with Crippen LogP contribution in [0.2, 0.25) is 0 Å². The number of imidazole rings is 1. The Balaban J connectivity index is 1.89. The van der Waals surface area contributed by atoms with Gasteiger partial charge in [-0.3, -0.25) is 13.9 Å². The lowest BCUT2D eigenvalue weighted by Crippen LogP contribution is -2.38. The Kier molecular flexibility index (Phi) is 5.28. The lowest BCUT2D eigenvalue weighted by atomic mass is 10.1. The first-order valence-corrected chi connectivity index (χ1v) is 8.96. The van der Waals surface area contributed by atoms with Crippen LogP contribution in [0.3, 0.4) is 0 Å². The van der Waals surface area contributed by atoms with Gasteiger partial charge in [-0.05, 0) is 37.1 Å². The van der Waals surface area contributed by atoms with E-state index < -0.39 is 17.4 Å². The number of aromatic nitrogens is 4. The van der Waals surface area contributed by atoms with Crippen molar-refractivity contribution in [3.63, 3.8) is 0 Å². The zero-order chi connectivity index (χ0) is 20.6. The summed E-state index contributed by atoms with van der Waals surface area (Å²) >= 11 is 0. The van der Waals surface area contributed by atoms with E-state index in [2.05, 4.69) is 10.3 Å². The standard InChI is InChI=1S/C19H25N5O4/c1-11-6-7-14(8-12(11)2)28-10-13(25)9-24-15-16(21-18(24)20-3)22(4)19(27)23(5)17(15)26/h6-8,13,25H,9-10H2,1-5H3,(H,20,21)/t13-/m1/s1. The minimum atomic E-state index is -0.881. The third-order valence-electron chi connectivity index (χ3n) is 4.89. The van der Waals surface area contributed by atoms with Crippen LogP contribution in [0.15, 0.2) is 27.8 Å². The molecule has 0 bridgehead atoms. The van der Waals surface area contributed by atoms with Crippen LogP contribution in [-0.4, -0.2) is 43.6 Å². The maximum absolute atomic E-state index is 12.6. The largest absolute Gasteiger partial charge is 0.491 e. The normalized spacial score (nSPS) is 12.4. The molecule has 28 heavy (non-hydrogen) atoms. The first-order chi connectivity index (χ1) is 13.2. The van der Waals surface area contributed by atoms with Crippen molar-refractivity contribution in [3.05, 3.63) is 50.2 Å². The monoisotopic (exact) mass is 387 g/mol. The van der Waals surface area contributed by atoms with E-state index in [4.69, 9.17) is 4.74 Å². The van der Waals surface area contributed by atoms with Crippen molar-refractivity contribution in [2.24, 2.45) is 14.1 Å². The molecular formula is C19H25N5O4. The van der Waals surface area contributed by atoms with Crippen molar-refractivity contribution in [1.82, 2.24) is 18.7 Å². The molecule has 0 spiro atoms. The summed E-state index contributed by atoms with van der Waals surface area (Å²) in [5.41, 5.74) is 1.86. The van der Waals surface area contributed by atoms with E-state index >= 15 is 0 Å². The Morgan fingerprint density at radius 1 is 1.18 bits per heavy atom. The van der Waals surface area contributed by atoms with Crippen molar-refractivity contribution in [3.8, 4) is 5.75 Å². The Morgan fingerprint density at radius 3 is 2.54 bits per heavy atom. The Hall–Kier alpha value is -3.07. The van der Waals surface area contributed by atoms with Gasteiger partial charge in [0.05, 0.1) is 6.54 Å². The lowest BCUT2D eigenvalue weighted by molar-refractivity contribution is 0.0938. The number of aliphatic hydroxyl groups is 1. The molecule has 9 heteroatoms. The summed E-state index contributed by atoms with van der Waals surface area (Å²) in [5, 5.41) is 13.4. The lowest BCUT2D eigenvalue weighted by Gasteiger charge is -2.16. The summed E-state index contributed by atoms with van der Waals surface area (Å²) < 4.78 is 9.60. The third-order valence-corrected chi connectivity index (χ3v) is 4.89. The maximum atomic E-state index is 12.6. The topological polar surface area (TPSA) is 103 Å². The van der Waals surface area contributed by atoms with Gasteiger partial charge in [0.2, 0.25) is 5.95 Å². The molecule has 0 aliphatic carbocycles. The average molecular weight is 387 g/mol. The van der Waals surface area contributed by atoms with Crippen LogP contribution < -0.4 is 21.3 Å². The second-order valence-electron chi connectivity index (χ2n) is 6.88. The molecule has 2 N–H and O–H groups in total. The predicted octanol–water partition coefficient (Wildman–Crippen LogP) is 0.532. The number of anilines is 1. The van der Waals surface area contributed by atoms with E-state index in [0.29, 0.717) is 11.7 Å². The highest BCUT2D eigenvalue weighted by atomic mass is 16.5. The van der Waals surface area contributed by atoms with Gasteiger partial charge in [-0.15, -0.1) is 0 Å². The first-order valence-electron chi connectivity index (χ1n) is 8.96. The number of nitrogens with zero attached hydrogens (tertiary/aromatic N) is 4. The zero-order valence-corrected chi connectivity index (χ0v) is 16.7. The minimum Gasteiger partial charge on any atom is -0.491 e. The molecule has 0 saturated carbocycles. The quantitative estimate of drug-likeness (QED) is 0.640. The van der Waals surface area contributed by atoms with Crippen LogP contribution in [-0.2, 0) is 20.6 Å². The molecule has 1 atom stereocenters. The minimum absolute atomic E-state index is 0.0530. The van der Waals surface area contributed by atoms with Gasteiger partial charge in [0.25, 0.3) is 5.56 Å². The highest BCUT2D eigenvalue weighted by Gasteiger charge is 2.20. The van der Waals surface area contributed by atoms with Gasteiger partial charge in [-0.2, -0.15) is 4.98 Å². The molecule has 0 saturated heterocycles. The molecule has 9 nitrogen and oxygen atoms in total. The van der Waals surface area contributed by atoms with E-state index in [0.717, 1.165) is 15.7 Å². The summed E-state index contributed by atoms with van der Waals surface area (Å²) in [4.78, 5) is 29.1. The summed E-state index contributed by atoms with van der Waals surface area (Å²) in [5.74, 6) is 1.06. The van der Waals surface area contributed by atoms with Gasteiger partial charge in [-0.25, -0.2) is 4.79 Å². The average Bonchev–Trinajstić information content (AvgIpc) is 3.04. The van der Waals surface area contributed by atoms with Crippen molar-refractivity contribution in [1.29, 1.82) is 0 Å². The van der Waals surface area contributed by atoms with Crippen molar-refractivity contribution in [2.45, 2.75) is 26.5 Å². The van der Waals surface area contributed by atoms with Crippen LogP contribution in [0, 0.1) is 13.8 Å². The number of benzene rings is 1. The van der Waals surface area contributed by atoms with Gasteiger partial charge in [0.1, 0.15) is 18.5 Å². The fourth-order valence-corrected chi connectivity index (χ4v) is 3.07. The van der Waals surface area contributed by atoms with Crippen molar-refractivity contribution in [2.75, 3.05) is 19.0 Å². The molecule has 0 amide bonds. The van der Waals surface area contributed by atoms with E-state index in [1.54, 1.807) is 18.7 Å². The Labute approximate surface area is 161 Å². The Bertz CT molecular complexity index is 1140. The van der Waals surface area contributed by atoms with Gasteiger partial charge in [0, 0.05) is 21.1 Å². The second kappa shape index (κ2) is 7.51. The fourth-order valence-electron chi connectivity index (χ4n) is 3.07. The molecule has 0 aliphatic rings. The molecule has 150 valence electrons. The van der Waals surface area contributed by atoms with Crippen LogP contribution in [0.25, 0.3) is 11.2 Å². The number of aliphatic hydroxyl groups excluding tert-OH is 1. The number of fused-ring (bicyclic) bond motifs is 1. The van der Waals surface area contributed by atoms with Gasteiger partial charge >= 0.3 is 5.69 Å². The summed E-state index contributed by atoms with van der Waals surface area (Å²) in [6.07, 6.45) is -0.881. The highest BCUT2D eigenvalue weighted by molar-refractivity contribution is 5.74. The van der Waals surface area contributed by atoms with E-state index in [1.165, 1.54) is 11.6 Å². The third kappa shape index (κ3) is 3.40. The molecule has 2 aromatic heterocycles. The highest BCUT2D eigenvalue weighted by Crippen LogP contribution is 2.18. The number of ether oxygens (including phenoxy) is 1. The molecular weight excluding hydrogens is 362 g/mol. The van der Waals surface area contributed by atoms with E-state index in [9.17, 15) is 14.7 Å². The molecule has 2 heterocycles. The van der Waals surface area contributed by atoms with E-state index in [-0.39, 0.29) is 24.3 Å². The maximum Gasteiger partial charge on any atom is 0.332 e. The molecule has 0 radical (unpaired) electrons. The van der Waals surface area contributed by atoms with Crippen LogP contribution in [0.1, 0.15) is 11.1 Å². The Morgan fingerprint density at radius 2 is 1.89 bits per heavy atom. The number of nitrogens with one attached hydrogen (secondary N) is 1. The fraction of sp³-hybridized carbons (Fsp3) is 0.421. The molecule has 1 aromatic carbocycles. The number of aryl methyl sites for hydroxylation is 3. The zero-order valence-electron chi connectivity index (χ0n) is 16.7. The summed E-state index contributed by atoms with van der Waals surface area (Å²) in [7, 11) is 4.64. The summed E-state index contributed by atoms with van der Waals surface area (Å²) in [6.45, 7) is 4.16. The number of hydrogen-bond acceptors (Lipinski definition) is 6. The summed E-state index contributed by atoms with van der Waals surface area (Å²) in [6, 6.07) is 5.73. The first kappa shape index (κ1) is 19.7. The number of rotatable bonds is 6. The molecule has 3 aromatic rings.